The summed E-state index contributed by atoms with van der Waals surface area (Å²) in [5.74, 6) is 0.895. The molecule has 1 aliphatic heterocycles. The van der Waals surface area contributed by atoms with Crippen LogP contribution in [0.25, 0.3) is 5.65 Å². The van der Waals surface area contributed by atoms with E-state index in [1.165, 1.54) is 12.1 Å². The monoisotopic (exact) mass is 405 g/mol. The fourth-order valence-corrected chi connectivity index (χ4v) is 3.41. The number of rotatable bonds is 5. The van der Waals surface area contributed by atoms with Crippen LogP contribution in [0.5, 0.6) is 5.88 Å². The third kappa shape index (κ3) is 4.45. The second-order valence-corrected chi connectivity index (χ2v) is 7.02. The van der Waals surface area contributed by atoms with Gasteiger partial charge in [0.1, 0.15) is 6.10 Å². The van der Waals surface area contributed by atoms with Gasteiger partial charge in [-0.05, 0) is 49.7 Å². The Bertz CT molecular complexity index is 962. The summed E-state index contributed by atoms with van der Waals surface area (Å²) in [5, 5.41) is 7.36. The van der Waals surface area contributed by atoms with Crippen molar-refractivity contribution in [1.29, 1.82) is 0 Å². The SMILES string of the molecule is CCN1CCC(Oc2cccc3nc(Nc4ccc(C(F)(F)F)cc4)nn23)CC1. The summed E-state index contributed by atoms with van der Waals surface area (Å²) in [4.78, 5) is 6.78. The first-order valence-corrected chi connectivity index (χ1v) is 9.61. The van der Waals surface area contributed by atoms with Gasteiger partial charge in [-0.2, -0.15) is 22.7 Å². The van der Waals surface area contributed by atoms with E-state index in [-0.39, 0.29) is 6.10 Å². The summed E-state index contributed by atoms with van der Waals surface area (Å²) < 4.78 is 45.9. The molecule has 2 aromatic heterocycles. The Balaban J connectivity index is 1.49. The van der Waals surface area contributed by atoms with E-state index in [1.54, 1.807) is 10.6 Å². The van der Waals surface area contributed by atoms with Crippen LogP contribution >= 0.6 is 0 Å². The van der Waals surface area contributed by atoms with Gasteiger partial charge in [0.25, 0.3) is 0 Å². The standard InChI is InChI=1S/C20H22F3N5O/c1-2-27-12-10-16(11-13-27)29-18-5-3-4-17-25-19(26-28(17)18)24-15-8-6-14(7-9-15)20(21,22)23/h3-9,16H,2,10-13H2,1H3,(H,24,26). The van der Waals surface area contributed by atoms with Crippen molar-refractivity contribution in [3.05, 3.63) is 48.0 Å². The van der Waals surface area contributed by atoms with Gasteiger partial charge >= 0.3 is 6.18 Å². The highest BCUT2D eigenvalue weighted by Gasteiger charge is 2.30. The fraction of sp³-hybridized carbons (Fsp3) is 0.400. The molecular weight excluding hydrogens is 383 g/mol. The van der Waals surface area contributed by atoms with E-state index in [4.69, 9.17) is 4.74 Å². The molecule has 3 aromatic rings. The molecule has 0 saturated carbocycles. The molecule has 0 spiro atoms. The lowest BCUT2D eigenvalue weighted by molar-refractivity contribution is -0.137. The summed E-state index contributed by atoms with van der Waals surface area (Å²) in [7, 11) is 0. The first-order chi connectivity index (χ1) is 13.9. The molecule has 6 nitrogen and oxygen atoms in total. The molecule has 9 heteroatoms. The third-order valence-electron chi connectivity index (χ3n) is 5.06. The number of piperidine rings is 1. The van der Waals surface area contributed by atoms with E-state index in [0.717, 1.165) is 44.6 Å². The molecule has 0 atom stereocenters. The second-order valence-electron chi connectivity index (χ2n) is 7.02. The Morgan fingerprint density at radius 2 is 1.83 bits per heavy atom. The van der Waals surface area contributed by atoms with Crippen molar-refractivity contribution in [2.45, 2.75) is 32.0 Å². The number of benzene rings is 1. The van der Waals surface area contributed by atoms with Gasteiger partial charge in [-0.3, -0.25) is 0 Å². The van der Waals surface area contributed by atoms with Crippen LogP contribution < -0.4 is 10.1 Å². The van der Waals surface area contributed by atoms with Gasteiger partial charge in [-0.25, -0.2) is 0 Å². The smallest absolute Gasteiger partial charge is 0.416 e. The van der Waals surface area contributed by atoms with Crippen LogP contribution in [0.1, 0.15) is 25.3 Å². The molecule has 1 N–H and O–H groups in total. The molecule has 1 aromatic carbocycles. The quantitative estimate of drug-likeness (QED) is 0.684. The topological polar surface area (TPSA) is 54.7 Å². The maximum Gasteiger partial charge on any atom is 0.416 e. The Kier molecular flexibility index (Phi) is 5.31. The highest BCUT2D eigenvalue weighted by Crippen LogP contribution is 2.30. The number of pyridine rings is 1. The van der Waals surface area contributed by atoms with Crippen LogP contribution in [0.3, 0.4) is 0 Å². The van der Waals surface area contributed by atoms with Crippen LogP contribution in [-0.2, 0) is 6.18 Å². The molecule has 1 aliphatic rings. The number of alkyl halides is 3. The number of fused-ring (bicyclic) bond motifs is 1. The zero-order chi connectivity index (χ0) is 20.4. The van der Waals surface area contributed by atoms with Gasteiger partial charge in [0.2, 0.25) is 11.8 Å². The summed E-state index contributed by atoms with van der Waals surface area (Å²) in [6.45, 7) is 5.22. The maximum atomic E-state index is 12.7. The summed E-state index contributed by atoms with van der Waals surface area (Å²) in [5.41, 5.74) is 0.377. The molecule has 154 valence electrons. The minimum Gasteiger partial charge on any atom is -0.474 e. The number of hydrogen-bond donors (Lipinski definition) is 1. The van der Waals surface area contributed by atoms with Gasteiger partial charge in [0, 0.05) is 24.8 Å². The van der Waals surface area contributed by atoms with Crippen molar-refractivity contribution in [2.24, 2.45) is 0 Å². The predicted octanol–water partition coefficient (Wildman–Crippen LogP) is 4.35. The van der Waals surface area contributed by atoms with E-state index < -0.39 is 11.7 Å². The van der Waals surface area contributed by atoms with Gasteiger partial charge in [0.15, 0.2) is 5.65 Å². The number of likely N-dealkylation sites (tertiary alicyclic amines) is 1. The molecule has 0 aliphatic carbocycles. The van der Waals surface area contributed by atoms with Gasteiger partial charge in [-0.15, -0.1) is 5.10 Å². The molecule has 0 unspecified atom stereocenters. The lowest BCUT2D eigenvalue weighted by Crippen LogP contribution is -2.38. The molecular formula is C20H22F3N5O. The van der Waals surface area contributed by atoms with Crippen LogP contribution in [0.15, 0.2) is 42.5 Å². The molecule has 3 heterocycles. The highest BCUT2D eigenvalue weighted by molar-refractivity contribution is 5.56. The first-order valence-electron chi connectivity index (χ1n) is 9.61. The van der Waals surface area contributed by atoms with Gasteiger partial charge < -0.3 is 15.0 Å². The Hall–Kier alpha value is -2.81. The minimum atomic E-state index is -4.36. The largest absolute Gasteiger partial charge is 0.474 e. The van der Waals surface area contributed by atoms with E-state index >= 15 is 0 Å². The summed E-state index contributed by atoms with van der Waals surface area (Å²) in [6.07, 6.45) is -2.33. The average Bonchev–Trinajstić information content (AvgIpc) is 3.12. The number of nitrogens with one attached hydrogen (secondary N) is 1. The van der Waals surface area contributed by atoms with E-state index in [2.05, 4.69) is 27.2 Å². The van der Waals surface area contributed by atoms with Crippen LogP contribution in [0.4, 0.5) is 24.8 Å². The second kappa shape index (κ2) is 7.90. The van der Waals surface area contributed by atoms with Crippen molar-refractivity contribution >= 4 is 17.3 Å². The number of halogens is 3. The highest BCUT2D eigenvalue weighted by atomic mass is 19.4. The number of ether oxygens (including phenoxy) is 1. The lowest BCUT2D eigenvalue weighted by Gasteiger charge is -2.31. The summed E-state index contributed by atoms with van der Waals surface area (Å²) in [6, 6.07) is 10.3. The molecule has 1 saturated heterocycles. The Morgan fingerprint density at radius 3 is 2.48 bits per heavy atom. The van der Waals surface area contributed by atoms with Crippen molar-refractivity contribution in [1.82, 2.24) is 19.5 Å². The van der Waals surface area contributed by atoms with Crippen molar-refractivity contribution < 1.29 is 17.9 Å². The third-order valence-corrected chi connectivity index (χ3v) is 5.06. The molecule has 29 heavy (non-hydrogen) atoms. The van der Waals surface area contributed by atoms with Crippen LogP contribution in [0, 0.1) is 0 Å². The number of hydrogen-bond acceptors (Lipinski definition) is 5. The zero-order valence-electron chi connectivity index (χ0n) is 16.0. The van der Waals surface area contributed by atoms with E-state index in [9.17, 15) is 13.2 Å². The molecule has 0 radical (unpaired) electrons. The molecule has 0 amide bonds. The first kappa shape index (κ1) is 19.5. The fourth-order valence-electron chi connectivity index (χ4n) is 3.41. The van der Waals surface area contributed by atoms with Gasteiger partial charge in [0.05, 0.1) is 5.56 Å². The van der Waals surface area contributed by atoms with Gasteiger partial charge in [-0.1, -0.05) is 13.0 Å². The number of nitrogens with zero attached hydrogens (tertiary/aromatic N) is 4. The van der Waals surface area contributed by atoms with E-state index in [0.29, 0.717) is 23.2 Å². The predicted molar refractivity (Wildman–Crippen MR) is 103 cm³/mol. The molecule has 1 fully saturated rings. The average molecular weight is 405 g/mol. The number of aromatic nitrogens is 3. The Morgan fingerprint density at radius 1 is 1.10 bits per heavy atom. The lowest BCUT2D eigenvalue weighted by atomic mass is 10.1. The number of anilines is 2. The molecule has 0 bridgehead atoms. The zero-order valence-corrected chi connectivity index (χ0v) is 16.0. The summed E-state index contributed by atoms with van der Waals surface area (Å²) >= 11 is 0. The minimum absolute atomic E-state index is 0.124. The van der Waals surface area contributed by atoms with Crippen LogP contribution in [-0.4, -0.2) is 45.2 Å². The van der Waals surface area contributed by atoms with Crippen molar-refractivity contribution in [2.75, 3.05) is 25.0 Å². The normalized spacial score (nSPS) is 16.3. The maximum absolute atomic E-state index is 12.7. The molecule has 4 rings (SSSR count). The van der Waals surface area contributed by atoms with Crippen molar-refractivity contribution in [3.63, 3.8) is 0 Å². The Labute approximate surface area is 166 Å². The van der Waals surface area contributed by atoms with E-state index in [1.807, 2.05) is 12.1 Å². The van der Waals surface area contributed by atoms with Crippen molar-refractivity contribution in [3.8, 4) is 5.88 Å². The van der Waals surface area contributed by atoms with Crippen LogP contribution in [0.2, 0.25) is 0 Å².